The minimum absolute atomic E-state index is 0.0875. The number of carbonyl (C=O) groups is 1. The summed E-state index contributed by atoms with van der Waals surface area (Å²) in [4.78, 5) is 14.1. The van der Waals surface area contributed by atoms with Crippen molar-refractivity contribution in [2.45, 2.75) is 20.3 Å². The van der Waals surface area contributed by atoms with Gasteiger partial charge in [-0.05, 0) is 57.0 Å². The Labute approximate surface area is 121 Å². The molecule has 110 valence electrons. The van der Waals surface area contributed by atoms with E-state index in [4.69, 9.17) is 4.74 Å². The molecule has 0 radical (unpaired) electrons. The number of carbonyl (C=O) groups excluding carboxylic acids is 1. The van der Waals surface area contributed by atoms with Gasteiger partial charge < -0.3 is 15.0 Å². The number of benzene rings is 1. The third kappa shape index (κ3) is 3.73. The molecule has 1 atom stereocenters. The molecule has 1 heterocycles. The van der Waals surface area contributed by atoms with Gasteiger partial charge in [-0.15, -0.1) is 0 Å². The molecule has 0 spiro atoms. The van der Waals surface area contributed by atoms with Crippen molar-refractivity contribution < 1.29 is 9.53 Å². The first kappa shape index (κ1) is 14.9. The minimum Gasteiger partial charge on any atom is -0.483 e. The van der Waals surface area contributed by atoms with E-state index < -0.39 is 0 Å². The van der Waals surface area contributed by atoms with E-state index in [2.05, 4.69) is 5.32 Å². The van der Waals surface area contributed by atoms with E-state index in [1.54, 1.807) is 0 Å². The smallest absolute Gasteiger partial charge is 0.260 e. The highest BCUT2D eigenvalue weighted by atomic mass is 16.5. The molecular formula is C16H24N2O2. The Morgan fingerprint density at radius 1 is 1.45 bits per heavy atom. The van der Waals surface area contributed by atoms with Gasteiger partial charge in [0.2, 0.25) is 0 Å². The summed E-state index contributed by atoms with van der Waals surface area (Å²) in [7, 11) is 1.95. The van der Waals surface area contributed by atoms with Gasteiger partial charge in [0.1, 0.15) is 5.75 Å². The van der Waals surface area contributed by atoms with E-state index in [-0.39, 0.29) is 12.5 Å². The molecular weight excluding hydrogens is 252 g/mol. The van der Waals surface area contributed by atoms with Gasteiger partial charge in [-0.25, -0.2) is 0 Å². The first-order chi connectivity index (χ1) is 9.60. The highest BCUT2D eigenvalue weighted by Gasteiger charge is 2.25. The second kappa shape index (κ2) is 6.75. The van der Waals surface area contributed by atoms with E-state index in [1.165, 1.54) is 0 Å². The normalized spacial score (nSPS) is 18.4. The standard InChI is InChI=1S/C16H24N2O2/c1-12-4-5-13(2)15(8-12)20-11-16(19)18-7-6-14(10-18)9-17-3/h4-5,8,14,17H,6-7,9-11H2,1-3H3/t14-/m0/s1. The molecule has 0 aliphatic carbocycles. The fourth-order valence-electron chi connectivity index (χ4n) is 2.61. The summed E-state index contributed by atoms with van der Waals surface area (Å²) in [5.41, 5.74) is 2.21. The Hall–Kier alpha value is -1.55. The molecule has 4 nitrogen and oxygen atoms in total. The van der Waals surface area contributed by atoms with E-state index in [0.29, 0.717) is 5.92 Å². The molecule has 0 saturated carbocycles. The van der Waals surface area contributed by atoms with Crippen LogP contribution in [0.1, 0.15) is 17.5 Å². The molecule has 1 aromatic rings. The minimum atomic E-state index is 0.0875. The first-order valence-electron chi connectivity index (χ1n) is 7.22. The number of likely N-dealkylation sites (tertiary alicyclic amines) is 1. The van der Waals surface area contributed by atoms with E-state index in [0.717, 1.165) is 42.9 Å². The van der Waals surface area contributed by atoms with Gasteiger partial charge in [-0.2, -0.15) is 0 Å². The van der Waals surface area contributed by atoms with Gasteiger partial charge in [0.15, 0.2) is 6.61 Å². The predicted molar refractivity (Wildman–Crippen MR) is 80.0 cm³/mol. The zero-order chi connectivity index (χ0) is 14.5. The summed E-state index contributed by atoms with van der Waals surface area (Å²) < 4.78 is 5.68. The maximum atomic E-state index is 12.1. The summed E-state index contributed by atoms with van der Waals surface area (Å²) >= 11 is 0. The van der Waals surface area contributed by atoms with Crippen LogP contribution in [0.5, 0.6) is 5.75 Å². The van der Waals surface area contributed by atoms with Crippen LogP contribution in [0, 0.1) is 19.8 Å². The van der Waals surface area contributed by atoms with Crippen molar-refractivity contribution in [3.05, 3.63) is 29.3 Å². The van der Waals surface area contributed by atoms with Crippen LogP contribution in [0.4, 0.5) is 0 Å². The maximum absolute atomic E-state index is 12.1. The Morgan fingerprint density at radius 2 is 2.25 bits per heavy atom. The Morgan fingerprint density at radius 3 is 3.00 bits per heavy atom. The lowest BCUT2D eigenvalue weighted by Gasteiger charge is -2.17. The summed E-state index contributed by atoms with van der Waals surface area (Å²) in [6.45, 7) is 6.82. The molecule has 1 fully saturated rings. The van der Waals surface area contributed by atoms with Crippen LogP contribution in [0.2, 0.25) is 0 Å². The monoisotopic (exact) mass is 276 g/mol. The first-order valence-corrected chi connectivity index (χ1v) is 7.22. The van der Waals surface area contributed by atoms with Crippen molar-refractivity contribution in [1.82, 2.24) is 10.2 Å². The lowest BCUT2D eigenvalue weighted by Crippen LogP contribution is -2.34. The van der Waals surface area contributed by atoms with Crippen molar-refractivity contribution in [1.29, 1.82) is 0 Å². The van der Waals surface area contributed by atoms with Crippen LogP contribution in [-0.4, -0.2) is 44.1 Å². The lowest BCUT2D eigenvalue weighted by molar-refractivity contribution is -0.132. The topological polar surface area (TPSA) is 41.6 Å². The van der Waals surface area contributed by atoms with Crippen molar-refractivity contribution in [2.24, 2.45) is 5.92 Å². The van der Waals surface area contributed by atoms with Crippen LogP contribution in [0.3, 0.4) is 0 Å². The molecule has 2 rings (SSSR count). The van der Waals surface area contributed by atoms with Crippen LogP contribution >= 0.6 is 0 Å². The van der Waals surface area contributed by atoms with Gasteiger partial charge in [0.05, 0.1) is 0 Å². The fraction of sp³-hybridized carbons (Fsp3) is 0.562. The van der Waals surface area contributed by atoms with E-state index in [1.807, 2.05) is 44.0 Å². The van der Waals surface area contributed by atoms with Gasteiger partial charge in [-0.1, -0.05) is 12.1 Å². The van der Waals surface area contributed by atoms with Crippen molar-refractivity contribution in [3.8, 4) is 5.75 Å². The number of rotatable bonds is 5. The highest BCUT2D eigenvalue weighted by molar-refractivity contribution is 5.78. The average Bonchev–Trinajstić information content (AvgIpc) is 2.88. The number of ether oxygens (including phenoxy) is 1. The largest absolute Gasteiger partial charge is 0.483 e. The third-order valence-corrected chi connectivity index (χ3v) is 3.83. The van der Waals surface area contributed by atoms with Gasteiger partial charge in [0, 0.05) is 13.1 Å². The molecule has 1 amide bonds. The van der Waals surface area contributed by atoms with Crippen molar-refractivity contribution in [3.63, 3.8) is 0 Å². The van der Waals surface area contributed by atoms with Gasteiger partial charge in [0.25, 0.3) is 5.91 Å². The average molecular weight is 276 g/mol. The zero-order valence-electron chi connectivity index (χ0n) is 12.6. The molecule has 1 N–H and O–H groups in total. The quantitative estimate of drug-likeness (QED) is 0.891. The number of nitrogens with one attached hydrogen (secondary N) is 1. The molecule has 4 heteroatoms. The molecule has 1 aromatic carbocycles. The molecule has 0 unspecified atom stereocenters. The molecule has 1 aliphatic heterocycles. The van der Waals surface area contributed by atoms with Crippen molar-refractivity contribution in [2.75, 3.05) is 33.3 Å². The van der Waals surface area contributed by atoms with Crippen LogP contribution < -0.4 is 10.1 Å². The summed E-state index contributed by atoms with van der Waals surface area (Å²) in [6.07, 6.45) is 1.08. The number of aryl methyl sites for hydroxylation is 2. The number of amides is 1. The Balaban J connectivity index is 1.85. The maximum Gasteiger partial charge on any atom is 0.260 e. The second-order valence-corrected chi connectivity index (χ2v) is 5.61. The molecule has 0 bridgehead atoms. The zero-order valence-corrected chi connectivity index (χ0v) is 12.6. The summed E-state index contributed by atoms with van der Waals surface area (Å²) in [5, 5.41) is 3.17. The third-order valence-electron chi connectivity index (χ3n) is 3.83. The summed E-state index contributed by atoms with van der Waals surface area (Å²) in [6, 6.07) is 6.05. The number of hydrogen-bond acceptors (Lipinski definition) is 3. The van der Waals surface area contributed by atoms with Crippen LogP contribution in [0.25, 0.3) is 0 Å². The van der Waals surface area contributed by atoms with Gasteiger partial charge >= 0.3 is 0 Å². The number of nitrogens with zero attached hydrogens (tertiary/aromatic N) is 1. The SMILES string of the molecule is CNC[C@@H]1CCN(C(=O)COc2cc(C)ccc2C)C1. The Bertz CT molecular complexity index is 474. The molecule has 0 aromatic heterocycles. The fourth-order valence-corrected chi connectivity index (χ4v) is 2.61. The predicted octanol–water partition coefficient (Wildman–Crippen LogP) is 1.75. The molecule has 20 heavy (non-hydrogen) atoms. The lowest BCUT2D eigenvalue weighted by atomic mass is 10.1. The Kier molecular flexibility index (Phi) is 5.01. The van der Waals surface area contributed by atoms with Crippen LogP contribution in [0.15, 0.2) is 18.2 Å². The van der Waals surface area contributed by atoms with E-state index in [9.17, 15) is 4.79 Å². The highest BCUT2D eigenvalue weighted by Crippen LogP contribution is 2.20. The van der Waals surface area contributed by atoms with E-state index >= 15 is 0 Å². The van der Waals surface area contributed by atoms with Crippen LogP contribution in [-0.2, 0) is 4.79 Å². The summed E-state index contributed by atoms with van der Waals surface area (Å²) in [5.74, 6) is 1.47. The number of hydrogen-bond donors (Lipinski definition) is 1. The van der Waals surface area contributed by atoms with Gasteiger partial charge in [-0.3, -0.25) is 4.79 Å². The van der Waals surface area contributed by atoms with Crippen molar-refractivity contribution >= 4 is 5.91 Å². The molecule has 1 aliphatic rings. The second-order valence-electron chi connectivity index (χ2n) is 5.61. The molecule has 1 saturated heterocycles.